The molecule has 0 aliphatic rings. The fraction of sp³-hybridized carbons (Fsp3) is 0.190. The average molecular weight is 381 g/mol. The summed E-state index contributed by atoms with van der Waals surface area (Å²) in [5.41, 5.74) is 2.38. The van der Waals surface area contributed by atoms with E-state index in [9.17, 15) is 4.79 Å². The summed E-state index contributed by atoms with van der Waals surface area (Å²) in [5, 5.41) is 3.90. The Kier molecular flexibility index (Phi) is 6.39. The van der Waals surface area contributed by atoms with Gasteiger partial charge in [-0.1, -0.05) is 41.9 Å². The number of nitrogens with zero attached hydrogens (tertiary/aromatic N) is 3. The molecule has 0 saturated heterocycles. The van der Waals surface area contributed by atoms with Crippen molar-refractivity contribution in [2.45, 2.75) is 13.3 Å². The first-order valence-corrected chi connectivity index (χ1v) is 9.23. The molecule has 0 atom stereocenters. The summed E-state index contributed by atoms with van der Waals surface area (Å²) >= 11 is 5.90. The summed E-state index contributed by atoms with van der Waals surface area (Å²) < 4.78 is 0. The van der Waals surface area contributed by atoms with E-state index in [1.807, 2.05) is 61.5 Å². The first-order chi connectivity index (χ1) is 13.2. The molecule has 0 bridgehead atoms. The van der Waals surface area contributed by atoms with E-state index in [0.29, 0.717) is 24.7 Å². The molecule has 0 aliphatic carbocycles. The molecule has 0 spiro atoms. The topological polar surface area (TPSA) is 58.1 Å². The van der Waals surface area contributed by atoms with Crippen LogP contribution in [-0.4, -0.2) is 29.0 Å². The molecule has 0 unspecified atom stereocenters. The van der Waals surface area contributed by atoms with Crippen molar-refractivity contribution in [3.05, 3.63) is 83.1 Å². The summed E-state index contributed by atoms with van der Waals surface area (Å²) in [5.74, 6) is 0.297. The highest BCUT2D eigenvalue weighted by atomic mass is 35.5. The SMILES string of the molecule is CCN(C(=O)c1ccnc(NCCc2ccc(Cl)cc2)n1)c1ccccc1. The molecule has 3 rings (SSSR count). The molecule has 1 N–H and O–H groups in total. The van der Waals surface area contributed by atoms with Gasteiger partial charge in [0.15, 0.2) is 0 Å². The van der Waals surface area contributed by atoms with Crippen molar-refractivity contribution >= 4 is 29.1 Å². The second kappa shape index (κ2) is 9.14. The Morgan fingerprint density at radius 3 is 2.52 bits per heavy atom. The van der Waals surface area contributed by atoms with Gasteiger partial charge in [-0.3, -0.25) is 4.79 Å². The minimum atomic E-state index is -0.146. The predicted octanol–water partition coefficient (Wildman–Crippen LogP) is 4.45. The summed E-state index contributed by atoms with van der Waals surface area (Å²) in [4.78, 5) is 23.1. The van der Waals surface area contributed by atoms with Crippen LogP contribution in [0.1, 0.15) is 23.0 Å². The van der Waals surface area contributed by atoms with Crippen LogP contribution in [0.5, 0.6) is 0 Å². The van der Waals surface area contributed by atoms with E-state index in [-0.39, 0.29) is 5.91 Å². The number of halogens is 1. The van der Waals surface area contributed by atoms with Crippen LogP contribution in [0.15, 0.2) is 66.9 Å². The van der Waals surface area contributed by atoms with Gasteiger partial charge in [0.1, 0.15) is 5.69 Å². The van der Waals surface area contributed by atoms with Crippen molar-refractivity contribution < 1.29 is 4.79 Å². The Morgan fingerprint density at radius 2 is 1.81 bits per heavy atom. The fourth-order valence-electron chi connectivity index (χ4n) is 2.72. The molecule has 138 valence electrons. The van der Waals surface area contributed by atoms with Gasteiger partial charge in [-0.15, -0.1) is 0 Å². The van der Waals surface area contributed by atoms with Crippen molar-refractivity contribution in [3.8, 4) is 0 Å². The van der Waals surface area contributed by atoms with Gasteiger partial charge in [-0.05, 0) is 49.2 Å². The molecule has 1 aromatic heterocycles. The lowest BCUT2D eigenvalue weighted by atomic mass is 10.1. The number of amides is 1. The third-order valence-electron chi connectivity index (χ3n) is 4.11. The first kappa shape index (κ1) is 18.9. The smallest absolute Gasteiger partial charge is 0.277 e. The molecule has 27 heavy (non-hydrogen) atoms. The third-order valence-corrected chi connectivity index (χ3v) is 4.37. The third kappa shape index (κ3) is 5.05. The van der Waals surface area contributed by atoms with Crippen molar-refractivity contribution in [2.75, 3.05) is 23.3 Å². The van der Waals surface area contributed by atoms with Crippen LogP contribution in [0.3, 0.4) is 0 Å². The predicted molar refractivity (Wildman–Crippen MR) is 109 cm³/mol. The zero-order valence-corrected chi connectivity index (χ0v) is 15.9. The van der Waals surface area contributed by atoms with E-state index in [1.54, 1.807) is 17.2 Å². The monoisotopic (exact) mass is 380 g/mol. The van der Waals surface area contributed by atoms with Gasteiger partial charge in [-0.25, -0.2) is 9.97 Å². The zero-order valence-electron chi connectivity index (χ0n) is 15.1. The van der Waals surface area contributed by atoms with Crippen molar-refractivity contribution in [3.63, 3.8) is 0 Å². The number of benzene rings is 2. The maximum absolute atomic E-state index is 12.9. The maximum Gasteiger partial charge on any atom is 0.277 e. The van der Waals surface area contributed by atoms with Gasteiger partial charge in [0.05, 0.1) is 0 Å². The van der Waals surface area contributed by atoms with E-state index in [1.165, 1.54) is 5.56 Å². The number of nitrogens with one attached hydrogen (secondary N) is 1. The van der Waals surface area contributed by atoms with E-state index in [4.69, 9.17) is 11.6 Å². The van der Waals surface area contributed by atoms with Crippen LogP contribution in [0.25, 0.3) is 0 Å². The number of aromatic nitrogens is 2. The minimum Gasteiger partial charge on any atom is -0.354 e. The number of para-hydroxylation sites is 1. The highest BCUT2D eigenvalue weighted by Gasteiger charge is 2.17. The van der Waals surface area contributed by atoms with Gasteiger partial charge in [-0.2, -0.15) is 0 Å². The van der Waals surface area contributed by atoms with Crippen LogP contribution >= 0.6 is 11.6 Å². The molecular weight excluding hydrogens is 360 g/mol. The molecule has 0 saturated carbocycles. The van der Waals surface area contributed by atoms with E-state index in [2.05, 4.69) is 15.3 Å². The number of carbonyl (C=O) groups is 1. The van der Waals surface area contributed by atoms with Gasteiger partial charge >= 0.3 is 0 Å². The quantitative estimate of drug-likeness (QED) is 0.657. The highest BCUT2D eigenvalue weighted by molar-refractivity contribution is 6.30. The number of anilines is 2. The van der Waals surface area contributed by atoms with Crippen molar-refractivity contribution in [1.82, 2.24) is 9.97 Å². The minimum absolute atomic E-state index is 0.146. The van der Waals surface area contributed by atoms with Crippen molar-refractivity contribution in [2.24, 2.45) is 0 Å². The summed E-state index contributed by atoms with van der Waals surface area (Å²) in [6.45, 7) is 3.17. The highest BCUT2D eigenvalue weighted by Crippen LogP contribution is 2.16. The molecule has 0 fully saturated rings. The van der Waals surface area contributed by atoms with Crippen LogP contribution in [0.2, 0.25) is 5.02 Å². The second-order valence-corrected chi connectivity index (χ2v) is 6.39. The standard InChI is InChI=1S/C21H21ClN4O/c1-2-26(18-6-4-3-5-7-18)20(27)19-13-15-24-21(25-19)23-14-12-16-8-10-17(22)11-9-16/h3-11,13,15H,2,12,14H2,1H3,(H,23,24,25). The molecule has 0 radical (unpaired) electrons. The summed E-state index contributed by atoms with van der Waals surface area (Å²) in [6.07, 6.45) is 2.41. The largest absolute Gasteiger partial charge is 0.354 e. The van der Waals surface area contributed by atoms with Crippen molar-refractivity contribution in [1.29, 1.82) is 0 Å². The molecule has 0 aliphatic heterocycles. The molecular formula is C21H21ClN4O. The Hall–Kier alpha value is -2.92. The lowest BCUT2D eigenvalue weighted by Crippen LogP contribution is -2.31. The Labute approximate surface area is 164 Å². The average Bonchev–Trinajstić information content (AvgIpc) is 2.71. The Bertz CT molecular complexity index is 884. The number of hydrogen-bond acceptors (Lipinski definition) is 4. The Morgan fingerprint density at radius 1 is 1.07 bits per heavy atom. The van der Waals surface area contributed by atoms with Crippen LogP contribution in [-0.2, 0) is 6.42 Å². The van der Waals surface area contributed by atoms with Crippen LogP contribution in [0.4, 0.5) is 11.6 Å². The normalized spacial score (nSPS) is 10.4. The second-order valence-electron chi connectivity index (χ2n) is 5.95. The summed E-state index contributed by atoms with van der Waals surface area (Å²) in [6, 6.07) is 18.9. The van der Waals surface area contributed by atoms with Gasteiger partial charge in [0.25, 0.3) is 5.91 Å². The van der Waals surface area contributed by atoms with Crippen LogP contribution < -0.4 is 10.2 Å². The van der Waals surface area contributed by atoms with Gasteiger partial charge < -0.3 is 10.2 Å². The number of rotatable bonds is 7. The maximum atomic E-state index is 12.9. The van der Waals surface area contributed by atoms with E-state index >= 15 is 0 Å². The molecule has 3 aromatic rings. The molecule has 2 aromatic carbocycles. The lowest BCUT2D eigenvalue weighted by molar-refractivity contribution is 0.0983. The van der Waals surface area contributed by atoms with E-state index in [0.717, 1.165) is 17.1 Å². The van der Waals surface area contributed by atoms with E-state index < -0.39 is 0 Å². The molecule has 6 heteroatoms. The van der Waals surface area contributed by atoms with Gasteiger partial charge in [0.2, 0.25) is 5.95 Å². The first-order valence-electron chi connectivity index (χ1n) is 8.85. The fourth-order valence-corrected chi connectivity index (χ4v) is 2.85. The molecule has 1 amide bonds. The number of carbonyl (C=O) groups excluding carboxylic acids is 1. The lowest BCUT2D eigenvalue weighted by Gasteiger charge is -2.20. The summed E-state index contributed by atoms with van der Waals surface area (Å²) in [7, 11) is 0. The number of hydrogen-bond donors (Lipinski definition) is 1. The zero-order chi connectivity index (χ0) is 19.1. The Balaban J connectivity index is 1.65. The molecule has 1 heterocycles. The van der Waals surface area contributed by atoms with Crippen LogP contribution in [0, 0.1) is 0 Å². The molecule has 5 nitrogen and oxygen atoms in total. The van der Waals surface area contributed by atoms with Gasteiger partial charge in [0, 0.05) is 30.0 Å².